The average molecular weight is 1100 g/mol. The average Bonchev–Trinajstić information content (AvgIpc) is 3.48. The SMILES string of the molecule is CC/C=C\C/C=C\C/C=C\C/C=C\C/C=C\C/C=C\CCC(=O)OCC(COC1OC(C(=O)O)C(O)C(O)C1OC(=O)CCCCC/C=C\C/C=C\C/C=C\C/C=C\C/C=C\CC)OC(=O)CCCCCCCCCCCCC. The Labute approximate surface area is 477 Å². The second-order valence-corrected chi connectivity index (χ2v) is 19.9. The first-order chi connectivity index (χ1) is 38.6. The molecule has 1 heterocycles. The Hall–Kier alpha value is -5.14. The fourth-order valence-electron chi connectivity index (χ4n) is 8.18. The Bertz CT molecular complexity index is 1880. The Morgan fingerprint density at radius 1 is 0.430 bits per heavy atom. The third kappa shape index (κ3) is 43.4. The maximum Gasteiger partial charge on any atom is 0.335 e. The minimum absolute atomic E-state index is 0.00781. The Kier molecular flexibility index (Phi) is 48.7. The minimum atomic E-state index is -1.93. The zero-order valence-electron chi connectivity index (χ0n) is 48.8. The molecular weight excluding hydrogens is 997 g/mol. The van der Waals surface area contributed by atoms with E-state index in [1.54, 1.807) is 0 Å². The number of rotatable bonds is 49. The van der Waals surface area contributed by atoms with Crippen LogP contribution in [0, 0.1) is 0 Å². The number of aliphatic carboxylic acids is 1. The Morgan fingerprint density at radius 2 is 0.823 bits per heavy atom. The number of ether oxygens (including phenoxy) is 5. The molecule has 444 valence electrons. The van der Waals surface area contributed by atoms with Crippen molar-refractivity contribution in [2.45, 2.75) is 250 Å². The molecule has 1 rings (SSSR count). The summed E-state index contributed by atoms with van der Waals surface area (Å²) in [6, 6.07) is 0. The topological polar surface area (TPSA) is 175 Å². The molecule has 6 unspecified atom stereocenters. The van der Waals surface area contributed by atoms with Gasteiger partial charge in [-0.15, -0.1) is 0 Å². The van der Waals surface area contributed by atoms with E-state index in [4.69, 9.17) is 23.7 Å². The number of allylic oxidation sites excluding steroid dienone is 22. The molecule has 12 nitrogen and oxygen atoms in total. The molecule has 3 N–H and O–H groups in total. The van der Waals surface area contributed by atoms with Crippen LogP contribution in [-0.2, 0) is 42.9 Å². The number of aliphatic hydroxyl groups excluding tert-OH is 2. The van der Waals surface area contributed by atoms with E-state index in [-0.39, 0.29) is 25.9 Å². The van der Waals surface area contributed by atoms with E-state index in [1.807, 2.05) is 12.2 Å². The highest BCUT2D eigenvalue weighted by Crippen LogP contribution is 2.26. The van der Waals surface area contributed by atoms with Gasteiger partial charge < -0.3 is 39.0 Å². The van der Waals surface area contributed by atoms with Crippen LogP contribution in [0.25, 0.3) is 0 Å². The third-order valence-electron chi connectivity index (χ3n) is 12.7. The van der Waals surface area contributed by atoms with Crippen LogP contribution >= 0.6 is 0 Å². The van der Waals surface area contributed by atoms with Gasteiger partial charge in [0.1, 0.15) is 18.8 Å². The number of hydrogen-bond donors (Lipinski definition) is 3. The highest BCUT2D eigenvalue weighted by Gasteiger charge is 2.50. The third-order valence-corrected chi connectivity index (χ3v) is 12.7. The molecule has 12 heteroatoms. The van der Waals surface area contributed by atoms with Gasteiger partial charge in [0.15, 0.2) is 24.6 Å². The van der Waals surface area contributed by atoms with Gasteiger partial charge in [-0.2, -0.15) is 0 Å². The van der Waals surface area contributed by atoms with Crippen LogP contribution in [0.3, 0.4) is 0 Å². The molecule has 0 saturated carbocycles. The van der Waals surface area contributed by atoms with Gasteiger partial charge >= 0.3 is 23.9 Å². The lowest BCUT2D eigenvalue weighted by atomic mass is 9.98. The van der Waals surface area contributed by atoms with Crippen LogP contribution in [0.2, 0.25) is 0 Å². The summed E-state index contributed by atoms with van der Waals surface area (Å²) in [5.74, 6) is -3.29. The number of carboxylic acid groups (broad SMARTS) is 1. The van der Waals surface area contributed by atoms with E-state index >= 15 is 0 Å². The zero-order chi connectivity index (χ0) is 57.5. The lowest BCUT2D eigenvalue weighted by Gasteiger charge is -2.40. The summed E-state index contributed by atoms with van der Waals surface area (Å²) in [7, 11) is 0. The highest BCUT2D eigenvalue weighted by molar-refractivity contribution is 5.74. The van der Waals surface area contributed by atoms with Crippen molar-refractivity contribution in [1.29, 1.82) is 0 Å². The van der Waals surface area contributed by atoms with E-state index in [9.17, 15) is 34.5 Å². The van der Waals surface area contributed by atoms with Crippen LogP contribution in [0.15, 0.2) is 134 Å². The lowest BCUT2D eigenvalue weighted by Crippen LogP contribution is -2.61. The van der Waals surface area contributed by atoms with Crippen molar-refractivity contribution in [2.24, 2.45) is 0 Å². The van der Waals surface area contributed by atoms with Gasteiger partial charge in [-0.25, -0.2) is 4.79 Å². The number of carbonyl (C=O) groups excluding carboxylic acids is 3. The number of aliphatic hydroxyl groups is 2. The molecule has 1 saturated heterocycles. The molecule has 79 heavy (non-hydrogen) atoms. The number of carboxylic acids is 1. The summed E-state index contributed by atoms with van der Waals surface area (Å²) in [4.78, 5) is 51.1. The van der Waals surface area contributed by atoms with Gasteiger partial charge in [0.05, 0.1) is 6.61 Å². The second kappa shape index (κ2) is 53.5. The van der Waals surface area contributed by atoms with Crippen LogP contribution in [-0.4, -0.2) is 89.2 Å². The van der Waals surface area contributed by atoms with Gasteiger partial charge in [-0.05, 0) is 103 Å². The molecule has 0 aromatic carbocycles. The summed E-state index contributed by atoms with van der Waals surface area (Å²) in [5.41, 5.74) is 0. The van der Waals surface area contributed by atoms with E-state index in [0.717, 1.165) is 109 Å². The van der Waals surface area contributed by atoms with Gasteiger partial charge in [0.2, 0.25) is 0 Å². The summed E-state index contributed by atoms with van der Waals surface area (Å²) in [5, 5.41) is 31.5. The fourth-order valence-corrected chi connectivity index (χ4v) is 8.18. The van der Waals surface area contributed by atoms with Gasteiger partial charge in [-0.1, -0.05) is 225 Å². The second-order valence-electron chi connectivity index (χ2n) is 19.9. The van der Waals surface area contributed by atoms with Gasteiger partial charge in [0, 0.05) is 19.3 Å². The predicted molar refractivity (Wildman–Crippen MR) is 321 cm³/mol. The minimum Gasteiger partial charge on any atom is -0.479 e. The van der Waals surface area contributed by atoms with Crippen LogP contribution in [0.5, 0.6) is 0 Å². The van der Waals surface area contributed by atoms with Crippen molar-refractivity contribution in [2.75, 3.05) is 13.2 Å². The fraction of sp³-hybridized carbons (Fsp3) is 0.612. The monoisotopic (exact) mass is 1100 g/mol. The molecule has 1 fully saturated rings. The molecular formula is C67H104O12. The van der Waals surface area contributed by atoms with Crippen LogP contribution in [0.4, 0.5) is 0 Å². The standard InChI is InChI=1S/C67H104O12/c1-4-7-10-13-16-19-22-24-26-28-30-32-34-36-39-41-44-47-50-53-59(68)75-56-58(77-60(69)54-51-48-45-42-38-21-18-15-12-9-6-3)57-76-67-65(63(72)62(71)64(79-67)66(73)74)78-61(70)55-52-49-46-43-40-37-35-33-31-29-27-25-23-20-17-14-11-8-5-2/h7-8,10-11,16-17,19-20,24-27,30-33,36-37,39-40,44,47,58,62-65,67,71-72H,4-6,9,12-15,18,21-23,28-29,34-35,38,41-43,45-46,48-57H2,1-3H3,(H,73,74)/b10-7-,11-8-,19-16-,20-17-,26-24-,27-25-,32-30-,33-31-,39-36-,40-37-,47-44-. The largest absolute Gasteiger partial charge is 0.479 e. The smallest absolute Gasteiger partial charge is 0.335 e. The van der Waals surface area contributed by atoms with Crippen LogP contribution < -0.4 is 0 Å². The van der Waals surface area contributed by atoms with E-state index in [0.29, 0.717) is 19.3 Å². The normalized spacial score (nSPS) is 18.8. The number of unbranched alkanes of at least 4 members (excludes halogenated alkanes) is 13. The maximum atomic E-state index is 13.1. The van der Waals surface area contributed by atoms with Crippen molar-refractivity contribution in [1.82, 2.24) is 0 Å². The number of hydrogen-bond acceptors (Lipinski definition) is 11. The maximum absolute atomic E-state index is 13.1. The van der Waals surface area contributed by atoms with Crippen LogP contribution in [0.1, 0.15) is 213 Å². The summed E-state index contributed by atoms with van der Waals surface area (Å²) in [6.07, 6.45) is 62.9. The van der Waals surface area contributed by atoms with Crippen molar-refractivity contribution in [3.8, 4) is 0 Å². The quantitative estimate of drug-likeness (QED) is 0.0228. The Balaban J connectivity index is 2.73. The molecule has 0 radical (unpaired) electrons. The molecule has 0 amide bonds. The molecule has 0 aromatic rings. The zero-order valence-corrected chi connectivity index (χ0v) is 48.8. The molecule has 6 atom stereocenters. The van der Waals surface area contributed by atoms with Crippen molar-refractivity contribution < 1.29 is 58.2 Å². The molecule has 1 aliphatic heterocycles. The number of esters is 3. The molecule has 0 aromatic heterocycles. The first-order valence-corrected chi connectivity index (χ1v) is 30.2. The van der Waals surface area contributed by atoms with Gasteiger partial charge in [-0.3, -0.25) is 14.4 Å². The summed E-state index contributed by atoms with van der Waals surface area (Å²) < 4.78 is 28.3. The Morgan fingerprint density at radius 3 is 1.27 bits per heavy atom. The molecule has 1 aliphatic rings. The number of carbonyl (C=O) groups is 4. The summed E-state index contributed by atoms with van der Waals surface area (Å²) >= 11 is 0. The molecule has 0 aliphatic carbocycles. The van der Waals surface area contributed by atoms with Crippen molar-refractivity contribution in [3.63, 3.8) is 0 Å². The first kappa shape index (κ1) is 71.9. The lowest BCUT2D eigenvalue weighted by molar-refractivity contribution is -0.301. The van der Waals surface area contributed by atoms with Crippen molar-refractivity contribution in [3.05, 3.63) is 134 Å². The van der Waals surface area contributed by atoms with Gasteiger partial charge in [0.25, 0.3) is 0 Å². The van der Waals surface area contributed by atoms with E-state index in [2.05, 4.69) is 142 Å². The first-order valence-electron chi connectivity index (χ1n) is 30.2. The summed E-state index contributed by atoms with van der Waals surface area (Å²) in [6.45, 7) is 5.66. The highest BCUT2D eigenvalue weighted by atomic mass is 16.7. The van der Waals surface area contributed by atoms with E-state index in [1.165, 1.54) is 44.9 Å². The van der Waals surface area contributed by atoms with Crippen molar-refractivity contribution >= 4 is 23.9 Å². The van der Waals surface area contributed by atoms with E-state index < -0.39 is 67.3 Å². The predicted octanol–water partition coefficient (Wildman–Crippen LogP) is 15.8. The molecule has 0 bridgehead atoms. The molecule has 0 spiro atoms.